The summed E-state index contributed by atoms with van der Waals surface area (Å²) in [6, 6.07) is 1.97. The molecule has 124 valence electrons. The van der Waals surface area contributed by atoms with Crippen LogP contribution >= 0.6 is 22.7 Å². The largest absolute Gasteiger partial charge is 0.469 e. The quantitative estimate of drug-likeness (QED) is 0.682. The van der Waals surface area contributed by atoms with Crippen LogP contribution in [0.25, 0.3) is 10.6 Å². The summed E-state index contributed by atoms with van der Waals surface area (Å²) >= 11 is 3.02. The van der Waals surface area contributed by atoms with E-state index >= 15 is 0 Å². The van der Waals surface area contributed by atoms with E-state index in [9.17, 15) is 9.59 Å². The standard InChI is InChI=1S/C15H18N2O4S2/c1-20-7-6-17(5-3-13(18)21-2)15(19)12-10-23-14(16-12)11-4-8-22-9-11/h4,8-10H,3,5-7H2,1-2H3. The van der Waals surface area contributed by atoms with Gasteiger partial charge in [0.1, 0.15) is 10.7 Å². The van der Waals surface area contributed by atoms with Gasteiger partial charge in [-0.2, -0.15) is 11.3 Å². The third kappa shape index (κ3) is 4.85. The summed E-state index contributed by atoms with van der Waals surface area (Å²) in [4.78, 5) is 29.9. The maximum atomic E-state index is 12.6. The fourth-order valence-corrected chi connectivity index (χ4v) is 3.40. The van der Waals surface area contributed by atoms with Crippen LogP contribution in [0.5, 0.6) is 0 Å². The van der Waals surface area contributed by atoms with Gasteiger partial charge in [-0.05, 0) is 11.4 Å². The van der Waals surface area contributed by atoms with Gasteiger partial charge in [-0.15, -0.1) is 11.3 Å². The first-order valence-electron chi connectivity index (χ1n) is 6.98. The molecule has 2 rings (SSSR count). The molecule has 0 aliphatic rings. The van der Waals surface area contributed by atoms with E-state index in [1.165, 1.54) is 18.4 Å². The molecular formula is C15H18N2O4S2. The molecule has 2 aromatic rings. The molecule has 0 spiro atoms. The molecule has 23 heavy (non-hydrogen) atoms. The van der Waals surface area contributed by atoms with Gasteiger partial charge >= 0.3 is 5.97 Å². The lowest BCUT2D eigenvalue weighted by molar-refractivity contribution is -0.140. The van der Waals surface area contributed by atoms with E-state index in [1.54, 1.807) is 28.7 Å². The first kappa shape index (κ1) is 17.6. The summed E-state index contributed by atoms with van der Waals surface area (Å²) in [5.41, 5.74) is 1.40. The van der Waals surface area contributed by atoms with Gasteiger partial charge in [-0.25, -0.2) is 4.98 Å². The zero-order valence-corrected chi connectivity index (χ0v) is 14.6. The van der Waals surface area contributed by atoms with Crippen molar-refractivity contribution in [3.63, 3.8) is 0 Å². The minimum Gasteiger partial charge on any atom is -0.469 e. The predicted octanol–water partition coefficient (Wildman–Crippen LogP) is 2.52. The van der Waals surface area contributed by atoms with Crippen LogP contribution in [0, 0.1) is 0 Å². The number of aromatic nitrogens is 1. The molecule has 0 N–H and O–H groups in total. The van der Waals surface area contributed by atoms with Crippen molar-refractivity contribution in [1.29, 1.82) is 0 Å². The van der Waals surface area contributed by atoms with Gasteiger partial charge in [0, 0.05) is 36.5 Å². The first-order chi connectivity index (χ1) is 11.2. The number of methoxy groups -OCH3 is 2. The van der Waals surface area contributed by atoms with E-state index < -0.39 is 0 Å². The molecule has 0 radical (unpaired) electrons. The molecule has 2 heterocycles. The summed E-state index contributed by atoms with van der Waals surface area (Å²) < 4.78 is 9.65. The summed E-state index contributed by atoms with van der Waals surface area (Å²) in [6.07, 6.45) is 0.146. The second-order valence-corrected chi connectivity index (χ2v) is 6.30. The molecule has 6 nitrogen and oxygen atoms in total. The van der Waals surface area contributed by atoms with Gasteiger partial charge in [0.2, 0.25) is 0 Å². The van der Waals surface area contributed by atoms with Crippen molar-refractivity contribution in [2.75, 3.05) is 33.9 Å². The van der Waals surface area contributed by atoms with Gasteiger partial charge in [0.05, 0.1) is 20.1 Å². The number of amides is 1. The van der Waals surface area contributed by atoms with Crippen LogP contribution in [0.4, 0.5) is 0 Å². The highest BCUT2D eigenvalue weighted by Gasteiger charge is 2.20. The molecule has 0 bridgehead atoms. The lowest BCUT2D eigenvalue weighted by atomic mass is 10.3. The Hall–Kier alpha value is -1.77. The minimum absolute atomic E-state index is 0.146. The highest BCUT2D eigenvalue weighted by molar-refractivity contribution is 7.14. The fourth-order valence-electron chi connectivity index (χ4n) is 1.90. The SMILES string of the molecule is COCCN(CCC(=O)OC)C(=O)c1csc(-c2ccsc2)n1. The summed E-state index contributed by atoms with van der Waals surface area (Å²) in [6.45, 7) is 1.08. The van der Waals surface area contributed by atoms with Crippen LogP contribution in [0.1, 0.15) is 16.9 Å². The number of carbonyl (C=O) groups is 2. The van der Waals surface area contributed by atoms with Crippen LogP contribution in [-0.4, -0.2) is 55.7 Å². The van der Waals surface area contributed by atoms with Crippen molar-refractivity contribution < 1.29 is 19.1 Å². The van der Waals surface area contributed by atoms with Crippen LogP contribution < -0.4 is 0 Å². The maximum absolute atomic E-state index is 12.6. The Kier molecular flexibility index (Phi) is 6.69. The third-order valence-corrected chi connectivity index (χ3v) is 4.73. The van der Waals surface area contributed by atoms with E-state index in [4.69, 9.17) is 4.74 Å². The molecule has 0 saturated heterocycles. The first-order valence-corrected chi connectivity index (χ1v) is 8.81. The molecule has 2 aromatic heterocycles. The smallest absolute Gasteiger partial charge is 0.307 e. The van der Waals surface area contributed by atoms with Crippen molar-refractivity contribution in [2.45, 2.75) is 6.42 Å². The molecule has 0 atom stereocenters. The van der Waals surface area contributed by atoms with E-state index in [0.717, 1.165) is 10.6 Å². The molecular weight excluding hydrogens is 336 g/mol. The Morgan fingerprint density at radius 2 is 2.09 bits per heavy atom. The Morgan fingerprint density at radius 1 is 1.26 bits per heavy atom. The van der Waals surface area contributed by atoms with Gasteiger partial charge in [-0.1, -0.05) is 0 Å². The zero-order valence-electron chi connectivity index (χ0n) is 13.0. The van der Waals surface area contributed by atoms with Crippen molar-refractivity contribution in [1.82, 2.24) is 9.88 Å². The lowest BCUT2D eigenvalue weighted by Crippen LogP contribution is -2.36. The zero-order chi connectivity index (χ0) is 16.7. The molecule has 0 aliphatic carbocycles. The van der Waals surface area contributed by atoms with Crippen molar-refractivity contribution >= 4 is 34.6 Å². The van der Waals surface area contributed by atoms with Crippen molar-refractivity contribution in [2.24, 2.45) is 0 Å². The summed E-state index contributed by atoms with van der Waals surface area (Å²) in [5, 5.41) is 6.52. The number of thiophene rings is 1. The highest BCUT2D eigenvalue weighted by Crippen LogP contribution is 2.26. The molecule has 1 amide bonds. The minimum atomic E-state index is -0.350. The van der Waals surface area contributed by atoms with Crippen LogP contribution in [0.3, 0.4) is 0 Å². The topological polar surface area (TPSA) is 68.7 Å². The van der Waals surface area contributed by atoms with E-state index in [0.29, 0.717) is 18.8 Å². The molecule has 0 saturated carbocycles. The van der Waals surface area contributed by atoms with E-state index in [-0.39, 0.29) is 24.8 Å². The number of hydrogen-bond acceptors (Lipinski definition) is 7. The summed E-state index contributed by atoms with van der Waals surface area (Å²) in [5.74, 6) is -0.555. The normalized spacial score (nSPS) is 10.5. The fraction of sp³-hybridized carbons (Fsp3) is 0.400. The highest BCUT2D eigenvalue weighted by atomic mass is 32.1. The number of thiazole rings is 1. The maximum Gasteiger partial charge on any atom is 0.307 e. The average Bonchev–Trinajstić information content (AvgIpc) is 3.24. The number of ether oxygens (including phenoxy) is 2. The third-order valence-electron chi connectivity index (χ3n) is 3.16. The monoisotopic (exact) mass is 354 g/mol. The Morgan fingerprint density at radius 3 is 2.74 bits per heavy atom. The number of nitrogens with zero attached hydrogens (tertiary/aromatic N) is 2. The number of hydrogen-bond donors (Lipinski definition) is 0. The Labute approximate surface area is 142 Å². The molecule has 8 heteroatoms. The summed E-state index contributed by atoms with van der Waals surface area (Å²) in [7, 11) is 2.90. The van der Waals surface area contributed by atoms with Gasteiger partial charge in [-0.3, -0.25) is 9.59 Å². The van der Waals surface area contributed by atoms with Gasteiger partial charge < -0.3 is 14.4 Å². The Balaban J connectivity index is 2.07. The predicted molar refractivity (Wildman–Crippen MR) is 89.8 cm³/mol. The second-order valence-electron chi connectivity index (χ2n) is 4.66. The van der Waals surface area contributed by atoms with Crippen molar-refractivity contribution in [3.05, 3.63) is 27.9 Å². The van der Waals surface area contributed by atoms with E-state index in [2.05, 4.69) is 9.72 Å². The van der Waals surface area contributed by atoms with E-state index in [1.807, 2.05) is 16.8 Å². The van der Waals surface area contributed by atoms with Crippen LogP contribution in [0.15, 0.2) is 22.2 Å². The Bertz CT molecular complexity index is 640. The molecule has 0 fully saturated rings. The van der Waals surface area contributed by atoms with Crippen LogP contribution in [-0.2, 0) is 14.3 Å². The van der Waals surface area contributed by atoms with Gasteiger partial charge in [0.25, 0.3) is 5.91 Å². The van der Waals surface area contributed by atoms with Crippen LogP contribution in [0.2, 0.25) is 0 Å². The van der Waals surface area contributed by atoms with Crippen molar-refractivity contribution in [3.8, 4) is 10.6 Å². The number of carbonyl (C=O) groups excluding carboxylic acids is 2. The second kappa shape index (κ2) is 8.76. The number of esters is 1. The molecule has 0 aliphatic heterocycles. The number of rotatable bonds is 8. The lowest BCUT2D eigenvalue weighted by Gasteiger charge is -2.20. The molecule has 0 unspecified atom stereocenters. The molecule has 0 aromatic carbocycles. The average molecular weight is 354 g/mol. The van der Waals surface area contributed by atoms with Gasteiger partial charge in [0.15, 0.2) is 0 Å².